The first kappa shape index (κ1) is 26.4. The number of hydrazone groups is 1. The number of nitrogens with one attached hydrogen (secondary N) is 2. The highest BCUT2D eigenvalue weighted by molar-refractivity contribution is 7.89. The lowest BCUT2D eigenvalue weighted by Crippen LogP contribution is -2.54. The third kappa shape index (κ3) is 7.63. The van der Waals surface area contributed by atoms with Crippen LogP contribution in [0.3, 0.4) is 0 Å². The van der Waals surface area contributed by atoms with E-state index in [9.17, 15) is 18.0 Å². The van der Waals surface area contributed by atoms with Crippen LogP contribution in [0.4, 0.5) is 0 Å². The molecule has 0 bridgehead atoms. The number of hydrogen-bond donors (Lipinski definition) is 3. The first-order valence-electron chi connectivity index (χ1n) is 11.8. The molecule has 4 N–H and O–H groups in total. The Balaban J connectivity index is 1.65. The van der Waals surface area contributed by atoms with E-state index in [1.54, 1.807) is 6.21 Å². The highest BCUT2D eigenvalue weighted by Gasteiger charge is 2.38. The number of rotatable bonds is 11. The van der Waals surface area contributed by atoms with Gasteiger partial charge in [0.25, 0.3) is 0 Å². The first-order chi connectivity index (χ1) is 16.8. The van der Waals surface area contributed by atoms with Crippen molar-refractivity contribution in [1.29, 1.82) is 0 Å². The van der Waals surface area contributed by atoms with Gasteiger partial charge in [-0.05, 0) is 49.3 Å². The normalized spacial score (nSPS) is 16.9. The van der Waals surface area contributed by atoms with E-state index < -0.39 is 22.1 Å². The number of amides is 2. The van der Waals surface area contributed by atoms with E-state index in [4.69, 9.17) is 5.84 Å². The lowest BCUT2D eigenvalue weighted by Gasteiger charge is -2.28. The smallest absolute Gasteiger partial charge is 0.242 e. The van der Waals surface area contributed by atoms with Crippen LogP contribution in [-0.2, 0) is 32.5 Å². The molecule has 188 valence electrons. The summed E-state index contributed by atoms with van der Waals surface area (Å²) in [6.07, 6.45) is 3.61. The number of likely N-dealkylation sites (tertiary alicyclic amines) is 1. The fourth-order valence-corrected chi connectivity index (χ4v) is 4.98. The predicted molar refractivity (Wildman–Crippen MR) is 136 cm³/mol. The van der Waals surface area contributed by atoms with E-state index in [0.29, 0.717) is 32.4 Å². The van der Waals surface area contributed by atoms with Crippen molar-refractivity contribution >= 4 is 28.1 Å². The molecule has 1 aliphatic heterocycles. The highest BCUT2D eigenvalue weighted by Crippen LogP contribution is 2.20. The van der Waals surface area contributed by atoms with Crippen LogP contribution < -0.4 is 15.9 Å². The molecule has 0 aliphatic carbocycles. The van der Waals surface area contributed by atoms with E-state index in [1.807, 2.05) is 54.6 Å². The van der Waals surface area contributed by atoms with E-state index in [-0.39, 0.29) is 24.0 Å². The van der Waals surface area contributed by atoms with Crippen LogP contribution in [0.5, 0.6) is 0 Å². The highest BCUT2D eigenvalue weighted by atomic mass is 32.2. The quantitative estimate of drug-likeness (QED) is 0.242. The van der Waals surface area contributed by atoms with Crippen molar-refractivity contribution in [1.82, 2.24) is 14.9 Å². The SMILES string of the molecule is CCS(=O)(=O)N[C@H](Cc1ccccc1)C(=O)N1CCC[C@H]1C(=O)NCCc1cccc(C=NN)c1. The van der Waals surface area contributed by atoms with Crippen molar-refractivity contribution in [2.75, 3.05) is 18.8 Å². The third-order valence-corrected chi connectivity index (χ3v) is 7.41. The average Bonchev–Trinajstić information content (AvgIpc) is 3.34. The number of hydrogen-bond acceptors (Lipinski definition) is 6. The van der Waals surface area contributed by atoms with Gasteiger partial charge in [0.1, 0.15) is 12.1 Å². The molecule has 1 saturated heterocycles. The van der Waals surface area contributed by atoms with Crippen molar-refractivity contribution in [2.24, 2.45) is 10.9 Å². The summed E-state index contributed by atoms with van der Waals surface area (Å²) in [5.74, 6) is 4.47. The summed E-state index contributed by atoms with van der Waals surface area (Å²) in [6, 6.07) is 15.3. The zero-order valence-electron chi connectivity index (χ0n) is 19.9. The molecular weight excluding hydrogens is 466 g/mol. The minimum atomic E-state index is -3.62. The number of nitrogens with zero attached hydrogens (tertiary/aromatic N) is 2. The van der Waals surface area contributed by atoms with Gasteiger partial charge in [-0.15, -0.1) is 0 Å². The van der Waals surface area contributed by atoms with E-state index in [1.165, 1.54) is 11.8 Å². The summed E-state index contributed by atoms with van der Waals surface area (Å²) in [5.41, 5.74) is 2.74. The Morgan fingerprint density at radius 1 is 1.17 bits per heavy atom. The molecule has 10 heteroatoms. The maximum atomic E-state index is 13.4. The summed E-state index contributed by atoms with van der Waals surface area (Å²) < 4.78 is 27.1. The molecule has 1 fully saturated rings. The minimum Gasteiger partial charge on any atom is -0.354 e. The summed E-state index contributed by atoms with van der Waals surface area (Å²) >= 11 is 0. The Morgan fingerprint density at radius 2 is 1.91 bits per heavy atom. The molecular formula is C25H33N5O4S. The van der Waals surface area contributed by atoms with Crippen LogP contribution in [-0.4, -0.2) is 62.3 Å². The first-order valence-corrected chi connectivity index (χ1v) is 13.4. The second-order valence-corrected chi connectivity index (χ2v) is 10.6. The van der Waals surface area contributed by atoms with Crippen molar-refractivity contribution in [3.8, 4) is 0 Å². The minimum absolute atomic E-state index is 0.131. The fraction of sp³-hybridized carbons (Fsp3) is 0.400. The van der Waals surface area contributed by atoms with Gasteiger partial charge >= 0.3 is 0 Å². The molecule has 3 rings (SSSR count). The van der Waals surface area contributed by atoms with Crippen molar-refractivity contribution < 1.29 is 18.0 Å². The topological polar surface area (TPSA) is 134 Å². The van der Waals surface area contributed by atoms with Crippen LogP contribution in [0, 0.1) is 0 Å². The van der Waals surface area contributed by atoms with E-state index in [0.717, 1.165) is 16.7 Å². The third-order valence-electron chi connectivity index (χ3n) is 6.01. The van der Waals surface area contributed by atoms with Gasteiger partial charge in [0.15, 0.2) is 0 Å². The molecule has 0 aromatic heterocycles. The van der Waals surface area contributed by atoms with Crippen LogP contribution in [0.1, 0.15) is 36.5 Å². The Bertz CT molecular complexity index is 1140. The molecule has 0 radical (unpaired) electrons. The van der Waals surface area contributed by atoms with E-state index >= 15 is 0 Å². The van der Waals surface area contributed by atoms with Crippen LogP contribution in [0.25, 0.3) is 0 Å². The number of carbonyl (C=O) groups excluding carboxylic acids is 2. The van der Waals surface area contributed by atoms with Gasteiger partial charge in [-0.1, -0.05) is 54.6 Å². The maximum absolute atomic E-state index is 13.4. The summed E-state index contributed by atoms with van der Waals surface area (Å²) in [7, 11) is -3.62. The molecule has 2 amide bonds. The van der Waals surface area contributed by atoms with Gasteiger partial charge < -0.3 is 16.1 Å². The molecule has 2 atom stereocenters. The predicted octanol–water partition coefficient (Wildman–Crippen LogP) is 1.18. The van der Waals surface area contributed by atoms with Crippen molar-refractivity contribution in [3.05, 3.63) is 71.3 Å². The van der Waals surface area contributed by atoms with Crippen molar-refractivity contribution in [3.63, 3.8) is 0 Å². The number of nitrogens with two attached hydrogens (primary N) is 1. The van der Waals surface area contributed by atoms with E-state index in [2.05, 4.69) is 15.1 Å². The summed E-state index contributed by atoms with van der Waals surface area (Å²) in [5, 5.41) is 6.45. The molecule has 0 spiro atoms. The largest absolute Gasteiger partial charge is 0.354 e. The lowest BCUT2D eigenvalue weighted by atomic mass is 10.0. The monoisotopic (exact) mass is 499 g/mol. The van der Waals surface area contributed by atoms with Crippen LogP contribution >= 0.6 is 0 Å². The molecule has 1 aliphatic rings. The standard InChI is InChI=1S/C25H33N5O4S/c1-2-35(33,34)29-22(17-19-8-4-3-5-9-19)25(32)30-15-7-12-23(30)24(31)27-14-13-20-10-6-11-21(16-20)18-28-26/h3-6,8-11,16,18,22-23,29H,2,7,12-15,17,26H2,1H3,(H,27,31)/t22-,23+/m1/s1. The van der Waals surface area contributed by atoms with Crippen LogP contribution in [0.2, 0.25) is 0 Å². The van der Waals surface area contributed by atoms with Gasteiger partial charge in [0.05, 0.1) is 12.0 Å². The maximum Gasteiger partial charge on any atom is 0.242 e. The molecule has 0 unspecified atom stereocenters. The van der Waals surface area contributed by atoms with Gasteiger partial charge in [-0.2, -0.15) is 5.10 Å². The molecule has 35 heavy (non-hydrogen) atoms. The zero-order valence-corrected chi connectivity index (χ0v) is 20.7. The zero-order chi connectivity index (χ0) is 25.3. The Labute approximate surface area is 206 Å². The van der Waals surface area contributed by atoms with Gasteiger partial charge in [0.2, 0.25) is 21.8 Å². The molecule has 1 heterocycles. The van der Waals surface area contributed by atoms with Gasteiger partial charge in [0, 0.05) is 13.1 Å². The Hall–Kier alpha value is -3.24. The molecule has 0 saturated carbocycles. The Morgan fingerprint density at radius 3 is 2.63 bits per heavy atom. The number of sulfonamides is 1. The summed E-state index contributed by atoms with van der Waals surface area (Å²) in [6.45, 7) is 2.35. The number of benzene rings is 2. The van der Waals surface area contributed by atoms with Gasteiger partial charge in [-0.25, -0.2) is 13.1 Å². The fourth-order valence-electron chi connectivity index (χ4n) is 4.20. The summed E-state index contributed by atoms with van der Waals surface area (Å²) in [4.78, 5) is 27.9. The second kappa shape index (κ2) is 12.5. The van der Waals surface area contributed by atoms with Crippen molar-refractivity contribution in [2.45, 2.75) is 44.7 Å². The van der Waals surface area contributed by atoms with Crippen LogP contribution in [0.15, 0.2) is 59.7 Å². The lowest BCUT2D eigenvalue weighted by molar-refractivity contribution is -0.139. The number of carbonyl (C=O) groups is 2. The molecule has 2 aromatic carbocycles. The second-order valence-electron chi connectivity index (χ2n) is 8.52. The van der Waals surface area contributed by atoms with Gasteiger partial charge in [-0.3, -0.25) is 9.59 Å². The Kier molecular flexibility index (Phi) is 9.39. The average molecular weight is 500 g/mol. The molecule has 9 nitrogen and oxygen atoms in total. The molecule has 2 aromatic rings.